The number of benzene rings is 2. The van der Waals surface area contributed by atoms with Crippen LogP contribution in [-0.4, -0.2) is 91.8 Å². The van der Waals surface area contributed by atoms with Crippen molar-refractivity contribution in [2.45, 2.75) is 0 Å². The molecule has 0 spiro atoms. The number of aromatic carboxylic acids is 6. The number of phenols is 4. The Labute approximate surface area is 210 Å². The van der Waals surface area contributed by atoms with Crippen LogP contribution in [0.4, 0.5) is 0 Å². The van der Waals surface area contributed by atoms with Crippen molar-refractivity contribution >= 4 is 43.6 Å². The van der Waals surface area contributed by atoms with Crippen molar-refractivity contribution in [3.8, 4) is 34.5 Å². The first-order chi connectivity index (χ1) is 17.8. The quantitative estimate of drug-likeness (QED) is 0.168. The van der Waals surface area contributed by atoms with Crippen LogP contribution in [0.15, 0.2) is 0 Å². The fourth-order valence-corrected chi connectivity index (χ4v) is 3.90. The first-order valence-electron chi connectivity index (χ1n) is 9.12. The van der Waals surface area contributed by atoms with Gasteiger partial charge in [0, 0.05) is 0 Å². The zero-order valence-electron chi connectivity index (χ0n) is 18.0. The molecule has 0 unspecified atom stereocenters. The second-order valence-corrected chi connectivity index (χ2v) is 8.09. The number of rotatable bonds is 10. The highest BCUT2D eigenvalue weighted by Crippen LogP contribution is 2.54. The van der Waals surface area contributed by atoms with Gasteiger partial charge in [-0.1, -0.05) is 0 Å². The van der Waals surface area contributed by atoms with Crippen molar-refractivity contribution in [2.75, 3.05) is 0 Å². The molecule has 0 aromatic heterocycles. The third-order valence-corrected chi connectivity index (χ3v) is 5.33. The fourth-order valence-electron chi connectivity index (χ4n) is 3.04. The number of carbonyl (C=O) groups is 6. The minimum atomic E-state index is -6.35. The van der Waals surface area contributed by atoms with Gasteiger partial charge < -0.3 is 60.1 Å². The van der Waals surface area contributed by atoms with E-state index in [0.717, 1.165) is 0 Å². The molecule has 39 heavy (non-hydrogen) atoms. The fraction of sp³-hybridized carbons (Fsp3) is 0. The second kappa shape index (κ2) is 9.95. The molecule has 2 rings (SSSR count). The Morgan fingerprint density at radius 1 is 0.436 bits per heavy atom. The number of hydrogen-bond donors (Lipinski definition) is 11. The zero-order chi connectivity index (χ0) is 30.3. The van der Waals surface area contributed by atoms with Gasteiger partial charge in [0.05, 0.1) is 0 Å². The summed E-state index contributed by atoms with van der Waals surface area (Å²) in [5, 5.41) is 95.4. The van der Waals surface area contributed by atoms with E-state index in [1.807, 2.05) is 0 Å². The molecule has 0 aliphatic heterocycles. The largest absolute Gasteiger partial charge is 0.585 e. The zero-order valence-corrected chi connectivity index (χ0v) is 18.9. The van der Waals surface area contributed by atoms with Crippen molar-refractivity contribution in [1.29, 1.82) is 0 Å². The van der Waals surface area contributed by atoms with E-state index in [1.165, 1.54) is 0 Å². The first-order valence-corrected chi connectivity index (χ1v) is 10.6. The summed E-state index contributed by atoms with van der Waals surface area (Å²) in [6, 6.07) is 0. The van der Waals surface area contributed by atoms with E-state index in [9.17, 15) is 79.1 Å². The highest BCUT2D eigenvalue weighted by Gasteiger charge is 2.42. The minimum Gasteiger partial charge on any atom is -0.506 e. The minimum absolute atomic E-state index is 1.72. The van der Waals surface area contributed by atoms with Gasteiger partial charge in [-0.05, 0) is 0 Å². The summed E-state index contributed by atoms with van der Waals surface area (Å²) >= 11 is 0. The van der Waals surface area contributed by atoms with E-state index in [0.29, 0.717) is 0 Å². The molecular formula is C18H11O20P. The summed E-state index contributed by atoms with van der Waals surface area (Å²) in [5.41, 5.74) is -10.9. The number of hydrogen-bond acceptors (Lipinski definition) is 13. The van der Waals surface area contributed by atoms with Gasteiger partial charge in [0.2, 0.25) is 0 Å². The van der Waals surface area contributed by atoms with E-state index in [1.54, 1.807) is 0 Å². The Kier molecular flexibility index (Phi) is 7.52. The Bertz CT molecular complexity index is 1360. The number of carboxylic acids is 6. The molecule has 0 aliphatic rings. The van der Waals surface area contributed by atoms with Crippen LogP contribution in [0.2, 0.25) is 0 Å². The molecule has 2 aromatic carbocycles. The molecule has 0 heterocycles. The van der Waals surface area contributed by atoms with Crippen LogP contribution in [-0.2, 0) is 4.57 Å². The van der Waals surface area contributed by atoms with Crippen LogP contribution >= 0.6 is 7.82 Å². The summed E-state index contributed by atoms with van der Waals surface area (Å²) in [4.78, 5) is 79.3. The lowest BCUT2D eigenvalue weighted by molar-refractivity contribution is 0.0652. The van der Waals surface area contributed by atoms with Crippen LogP contribution in [0.3, 0.4) is 0 Å². The molecule has 0 aliphatic carbocycles. The lowest BCUT2D eigenvalue weighted by Gasteiger charge is -2.21. The molecule has 0 amide bonds. The van der Waals surface area contributed by atoms with Crippen LogP contribution in [0.5, 0.6) is 34.5 Å². The molecule has 0 bridgehead atoms. The molecule has 20 nitrogen and oxygen atoms in total. The number of phosphoric ester groups is 1. The number of carboxylic acid groups (broad SMARTS) is 6. The topological polar surface area (TPSA) is 360 Å². The molecule has 208 valence electrons. The summed E-state index contributed by atoms with van der Waals surface area (Å²) in [7, 11) is -6.35. The van der Waals surface area contributed by atoms with Gasteiger partial charge in [-0.2, -0.15) is 0 Å². The third-order valence-electron chi connectivity index (χ3n) is 4.50. The molecular weight excluding hydrogens is 567 g/mol. The average molecular weight is 578 g/mol. The highest BCUT2D eigenvalue weighted by atomic mass is 31.2. The number of phosphoric acid groups is 1. The molecule has 0 saturated heterocycles. The molecule has 0 saturated carbocycles. The van der Waals surface area contributed by atoms with Gasteiger partial charge in [-0.25, -0.2) is 33.3 Å². The molecule has 0 radical (unpaired) electrons. The van der Waals surface area contributed by atoms with Gasteiger partial charge in [-0.15, -0.1) is 0 Å². The molecule has 0 atom stereocenters. The standard InChI is InChI=1S/C18H11O20P/c19-7-1(13(23)24)8(20)4(16(29)30)11(3(7)15(27)28)37-39(35,36)38-12-5(17(31)32)9(21)2(14(25)26)10(22)6(12)18(33)34/h19-22H,(H,23,24)(H,25,26)(H,27,28)(H,29,30)(H,31,32)(H,33,34)(H,35,36). The Balaban J connectivity index is 2.96. The van der Waals surface area contributed by atoms with Crippen molar-refractivity contribution < 1.29 is 98.3 Å². The average Bonchev–Trinajstić information content (AvgIpc) is 2.70. The van der Waals surface area contributed by atoms with Gasteiger partial charge in [0.1, 0.15) is 33.4 Å². The van der Waals surface area contributed by atoms with Crippen LogP contribution in [0.25, 0.3) is 0 Å². The van der Waals surface area contributed by atoms with Gasteiger partial charge in [0.15, 0.2) is 34.5 Å². The summed E-state index contributed by atoms with van der Waals surface area (Å²) in [6.07, 6.45) is 0. The van der Waals surface area contributed by atoms with Crippen LogP contribution < -0.4 is 9.05 Å². The van der Waals surface area contributed by atoms with Crippen LogP contribution in [0.1, 0.15) is 62.1 Å². The van der Waals surface area contributed by atoms with Crippen molar-refractivity contribution in [2.24, 2.45) is 0 Å². The monoisotopic (exact) mass is 578 g/mol. The molecule has 11 N–H and O–H groups in total. The van der Waals surface area contributed by atoms with E-state index < -0.39 is 112 Å². The predicted octanol–water partition coefficient (Wildman–Crippen LogP) is 0.256. The Hall–Kier alpha value is -5.75. The summed E-state index contributed by atoms with van der Waals surface area (Å²) in [6.45, 7) is 0. The van der Waals surface area contributed by atoms with E-state index >= 15 is 0 Å². The van der Waals surface area contributed by atoms with E-state index in [2.05, 4.69) is 9.05 Å². The SMILES string of the molecule is O=C(O)c1c(O)c(C(=O)O)c(OP(=O)(O)Oc2c(C(=O)O)c(O)c(C(=O)O)c(O)c2C(=O)O)c(C(=O)O)c1O. The molecule has 0 fully saturated rings. The van der Waals surface area contributed by atoms with Crippen LogP contribution in [0, 0.1) is 0 Å². The molecule has 21 heteroatoms. The maximum absolute atomic E-state index is 12.7. The lowest BCUT2D eigenvalue weighted by Crippen LogP contribution is -2.16. The summed E-state index contributed by atoms with van der Waals surface area (Å²) < 4.78 is 21.2. The van der Waals surface area contributed by atoms with E-state index in [-0.39, 0.29) is 0 Å². The maximum Gasteiger partial charge on any atom is 0.585 e. The highest BCUT2D eigenvalue weighted by molar-refractivity contribution is 7.48. The Morgan fingerprint density at radius 2 is 0.615 bits per heavy atom. The smallest absolute Gasteiger partial charge is 0.506 e. The van der Waals surface area contributed by atoms with E-state index in [4.69, 9.17) is 10.2 Å². The second-order valence-electron chi connectivity index (χ2n) is 6.78. The lowest BCUT2D eigenvalue weighted by atomic mass is 10.00. The summed E-state index contributed by atoms with van der Waals surface area (Å²) in [5.74, 6) is -25.8. The predicted molar refractivity (Wildman–Crippen MR) is 112 cm³/mol. The van der Waals surface area contributed by atoms with Gasteiger partial charge >= 0.3 is 43.6 Å². The number of aromatic hydroxyl groups is 4. The van der Waals surface area contributed by atoms with Gasteiger partial charge in [0.25, 0.3) is 0 Å². The normalized spacial score (nSPS) is 10.9. The Morgan fingerprint density at radius 3 is 0.769 bits per heavy atom. The van der Waals surface area contributed by atoms with Gasteiger partial charge in [-0.3, -0.25) is 4.89 Å². The first kappa shape index (κ1) is 29.5. The third kappa shape index (κ3) is 5.08. The molecule has 2 aromatic rings. The van der Waals surface area contributed by atoms with Crippen molar-refractivity contribution in [1.82, 2.24) is 0 Å². The maximum atomic E-state index is 12.7. The van der Waals surface area contributed by atoms with Crippen molar-refractivity contribution in [3.63, 3.8) is 0 Å². The van der Waals surface area contributed by atoms with Crippen molar-refractivity contribution in [3.05, 3.63) is 33.4 Å².